The van der Waals surface area contributed by atoms with Crippen molar-refractivity contribution in [3.8, 4) is 0 Å². The van der Waals surface area contributed by atoms with Gasteiger partial charge in [0.05, 0.1) is 26.4 Å². The van der Waals surface area contributed by atoms with Crippen LogP contribution in [0.3, 0.4) is 0 Å². The van der Waals surface area contributed by atoms with Gasteiger partial charge in [0.15, 0.2) is 0 Å². The molecule has 1 saturated heterocycles. The van der Waals surface area contributed by atoms with Crippen LogP contribution >= 0.6 is 0 Å². The minimum Gasteiger partial charge on any atom is -0.372 e. The highest BCUT2D eigenvalue weighted by Gasteiger charge is 2.41. The molecule has 0 amide bonds. The van der Waals surface area contributed by atoms with Gasteiger partial charge in [-0.05, 0) is 31.6 Å². The Morgan fingerprint density at radius 2 is 1.68 bits per heavy atom. The van der Waals surface area contributed by atoms with E-state index in [-0.39, 0.29) is 18.3 Å². The van der Waals surface area contributed by atoms with Gasteiger partial charge < -0.3 is 9.47 Å². The second-order valence-electron chi connectivity index (χ2n) is 8.32. The molecule has 3 aliphatic rings. The quantitative estimate of drug-likeness (QED) is 0.543. The van der Waals surface area contributed by atoms with Crippen LogP contribution in [0.4, 0.5) is 0 Å². The van der Waals surface area contributed by atoms with Gasteiger partial charge in [0.1, 0.15) is 6.10 Å². The second kappa shape index (κ2) is 6.62. The summed E-state index contributed by atoms with van der Waals surface area (Å²) >= 11 is 0. The minimum absolute atomic E-state index is 0.119. The molecule has 3 heteroatoms. The van der Waals surface area contributed by atoms with E-state index in [0.29, 0.717) is 6.10 Å². The average molecular weight is 321 g/mol. The lowest BCUT2D eigenvalue weighted by molar-refractivity contribution is -0.0645. The lowest BCUT2D eigenvalue weighted by atomic mass is 9.84. The van der Waals surface area contributed by atoms with Gasteiger partial charge in [0.25, 0.3) is 0 Å². The smallest absolute Gasteiger partial charge is 0.103 e. The minimum atomic E-state index is -1.34. The first kappa shape index (κ1) is 16.5. The van der Waals surface area contributed by atoms with Crippen LogP contribution in [0.15, 0.2) is 23.9 Å². The molecule has 0 spiro atoms. The highest BCUT2D eigenvalue weighted by atomic mass is 28.3. The zero-order valence-corrected chi connectivity index (χ0v) is 15.5. The number of hydrogen-bond donors (Lipinski definition) is 0. The summed E-state index contributed by atoms with van der Waals surface area (Å²) < 4.78 is 12.7. The first-order chi connectivity index (χ1) is 10.5. The van der Waals surface area contributed by atoms with Gasteiger partial charge in [-0.1, -0.05) is 56.3 Å². The molecule has 0 aromatic heterocycles. The summed E-state index contributed by atoms with van der Waals surface area (Å²) in [5, 5.41) is 1.50. The van der Waals surface area contributed by atoms with Gasteiger partial charge in [-0.3, -0.25) is 0 Å². The van der Waals surface area contributed by atoms with Crippen LogP contribution in [0.5, 0.6) is 0 Å². The molecule has 124 valence electrons. The Morgan fingerprint density at radius 3 is 2.27 bits per heavy atom. The fraction of sp³-hybridized carbons (Fsp3) is 0.789. The van der Waals surface area contributed by atoms with Crippen molar-refractivity contribution in [3.63, 3.8) is 0 Å². The summed E-state index contributed by atoms with van der Waals surface area (Å²) in [6, 6.07) is 0. The molecular weight excluding hydrogens is 288 g/mol. The molecule has 3 rings (SSSR count). The SMILES string of the molecule is C=C[C@H]1O[C@H]([C@H]2CC[C@H](C3CCCCC3)O2)C=C1[Si](C)(C)C. The van der Waals surface area contributed by atoms with Gasteiger partial charge in [-0.25, -0.2) is 0 Å². The third-order valence-electron chi connectivity index (χ3n) is 5.66. The number of ether oxygens (including phenoxy) is 2. The monoisotopic (exact) mass is 320 g/mol. The van der Waals surface area contributed by atoms with Crippen molar-refractivity contribution < 1.29 is 9.47 Å². The predicted octanol–water partition coefficient (Wildman–Crippen LogP) is 4.87. The fourth-order valence-electron chi connectivity index (χ4n) is 4.39. The molecule has 0 aromatic rings. The Hall–Kier alpha value is -0.383. The van der Waals surface area contributed by atoms with E-state index >= 15 is 0 Å². The number of rotatable bonds is 4. The van der Waals surface area contributed by atoms with Gasteiger partial charge in [-0.15, -0.1) is 6.58 Å². The molecule has 1 aliphatic carbocycles. The normalized spacial score (nSPS) is 37.3. The van der Waals surface area contributed by atoms with Gasteiger partial charge in [0, 0.05) is 0 Å². The highest BCUT2D eigenvalue weighted by molar-refractivity contribution is 6.83. The van der Waals surface area contributed by atoms with Crippen LogP contribution in [0.25, 0.3) is 0 Å². The first-order valence-electron chi connectivity index (χ1n) is 9.14. The van der Waals surface area contributed by atoms with E-state index < -0.39 is 8.07 Å². The largest absolute Gasteiger partial charge is 0.372 e. The molecule has 2 aliphatic heterocycles. The highest BCUT2D eigenvalue weighted by Crippen LogP contribution is 2.39. The summed E-state index contributed by atoms with van der Waals surface area (Å²) in [4.78, 5) is 0. The van der Waals surface area contributed by atoms with Crippen LogP contribution in [-0.2, 0) is 9.47 Å². The van der Waals surface area contributed by atoms with Crippen LogP contribution < -0.4 is 0 Å². The molecule has 0 aromatic carbocycles. The number of hydrogen-bond acceptors (Lipinski definition) is 2. The van der Waals surface area contributed by atoms with Gasteiger partial charge in [-0.2, -0.15) is 0 Å². The Morgan fingerprint density at radius 1 is 1.00 bits per heavy atom. The lowest BCUT2D eigenvalue weighted by Crippen LogP contribution is -2.31. The summed E-state index contributed by atoms with van der Waals surface area (Å²) in [6.45, 7) is 11.1. The standard InChI is InChI=1S/C19H32O2Si/c1-5-15-19(22(2,3)4)13-18(20-15)17-12-11-16(21-17)14-9-7-6-8-10-14/h5,13-18H,1,6-12H2,2-4H3/t15-,16-,17-,18+/m1/s1. The summed E-state index contributed by atoms with van der Waals surface area (Å²) in [5.41, 5.74) is 0. The fourth-order valence-corrected chi connectivity index (χ4v) is 6.10. The van der Waals surface area contributed by atoms with Crippen molar-refractivity contribution in [1.29, 1.82) is 0 Å². The predicted molar refractivity (Wildman–Crippen MR) is 94.8 cm³/mol. The Labute approximate surface area is 137 Å². The lowest BCUT2D eigenvalue weighted by Gasteiger charge is -2.28. The van der Waals surface area contributed by atoms with E-state index in [9.17, 15) is 0 Å². The molecule has 2 heterocycles. The third-order valence-corrected chi connectivity index (χ3v) is 7.84. The van der Waals surface area contributed by atoms with Crippen molar-refractivity contribution in [2.24, 2.45) is 5.92 Å². The maximum atomic E-state index is 6.45. The van der Waals surface area contributed by atoms with Crippen LogP contribution in [0, 0.1) is 5.92 Å². The van der Waals surface area contributed by atoms with Crippen LogP contribution in [0.1, 0.15) is 44.9 Å². The van der Waals surface area contributed by atoms with Crippen molar-refractivity contribution in [2.75, 3.05) is 0 Å². The Bertz CT molecular complexity index is 431. The summed E-state index contributed by atoms with van der Waals surface area (Å²) in [7, 11) is -1.34. The molecule has 22 heavy (non-hydrogen) atoms. The van der Waals surface area contributed by atoms with Crippen molar-refractivity contribution in [2.45, 2.75) is 89.0 Å². The third kappa shape index (κ3) is 3.42. The topological polar surface area (TPSA) is 18.5 Å². The molecule has 0 N–H and O–H groups in total. The van der Waals surface area contributed by atoms with E-state index in [2.05, 4.69) is 32.3 Å². The van der Waals surface area contributed by atoms with Crippen molar-refractivity contribution in [1.82, 2.24) is 0 Å². The van der Waals surface area contributed by atoms with Crippen LogP contribution in [0.2, 0.25) is 19.6 Å². The Balaban J connectivity index is 1.63. The van der Waals surface area contributed by atoms with Crippen LogP contribution in [-0.4, -0.2) is 32.5 Å². The maximum Gasteiger partial charge on any atom is 0.103 e. The molecule has 0 bridgehead atoms. The molecule has 2 nitrogen and oxygen atoms in total. The first-order valence-corrected chi connectivity index (χ1v) is 12.6. The van der Waals surface area contributed by atoms with E-state index in [4.69, 9.17) is 9.47 Å². The molecule has 0 unspecified atom stereocenters. The molecule has 4 atom stereocenters. The zero-order chi connectivity index (χ0) is 15.7. The summed E-state index contributed by atoms with van der Waals surface area (Å²) in [6.07, 6.45) is 14.7. The van der Waals surface area contributed by atoms with E-state index in [1.807, 2.05) is 6.08 Å². The zero-order valence-electron chi connectivity index (χ0n) is 14.5. The average Bonchev–Trinajstić information content (AvgIpc) is 3.14. The van der Waals surface area contributed by atoms with Gasteiger partial charge >= 0.3 is 0 Å². The van der Waals surface area contributed by atoms with E-state index in [1.165, 1.54) is 43.7 Å². The Kier molecular flexibility index (Phi) is 4.96. The van der Waals surface area contributed by atoms with Crippen molar-refractivity contribution >= 4 is 8.07 Å². The molecule has 0 radical (unpaired) electrons. The van der Waals surface area contributed by atoms with Crippen molar-refractivity contribution in [3.05, 3.63) is 23.9 Å². The molecular formula is C19H32O2Si. The second-order valence-corrected chi connectivity index (χ2v) is 13.4. The van der Waals surface area contributed by atoms with Gasteiger partial charge in [0.2, 0.25) is 0 Å². The maximum absolute atomic E-state index is 6.45. The molecule has 1 saturated carbocycles. The molecule has 2 fully saturated rings. The van der Waals surface area contributed by atoms with E-state index in [0.717, 1.165) is 12.3 Å². The summed E-state index contributed by atoms with van der Waals surface area (Å²) in [5.74, 6) is 0.802. The van der Waals surface area contributed by atoms with E-state index in [1.54, 1.807) is 0 Å².